The summed E-state index contributed by atoms with van der Waals surface area (Å²) in [5.74, 6) is 2.54. The van der Waals surface area contributed by atoms with Crippen LogP contribution < -0.4 is 0 Å². The van der Waals surface area contributed by atoms with Crippen LogP contribution in [-0.2, 0) is 9.53 Å². The van der Waals surface area contributed by atoms with Gasteiger partial charge in [0.1, 0.15) is 6.04 Å². The zero-order chi connectivity index (χ0) is 11.1. The summed E-state index contributed by atoms with van der Waals surface area (Å²) in [6.45, 7) is 4.21. The summed E-state index contributed by atoms with van der Waals surface area (Å²) in [4.78, 5) is 13.8. The molecule has 84 valence electrons. The third kappa shape index (κ3) is 3.56. The SMILES string of the molecule is C#CCCCN1CCCC1C(=O)OCC. The van der Waals surface area contributed by atoms with Crippen LogP contribution in [0.1, 0.15) is 32.6 Å². The number of terminal acetylenes is 1. The molecule has 0 aromatic rings. The average molecular weight is 209 g/mol. The minimum atomic E-state index is -0.0734. The largest absolute Gasteiger partial charge is 0.465 e. The highest BCUT2D eigenvalue weighted by Crippen LogP contribution is 2.18. The highest BCUT2D eigenvalue weighted by Gasteiger charge is 2.30. The Morgan fingerprint density at radius 3 is 3.13 bits per heavy atom. The molecule has 15 heavy (non-hydrogen) atoms. The number of hydrogen-bond acceptors (Lipinski definition) is 3. The van der Waals surface area contributed by atoms with E-state index in [2.05, 4.69) is 10.8 Å². The van der Waals surface area contributed by atoms with Crippen LogP contribution in [0.25, 0.3) is 0 Å². The fourth-order valence-corrected chi connectivity index (χ4v) is 1.98. The van der Waals surface area contributed by atoms with Gasteiger partial charge in [-0.15, -0.1) is 12.3 Å². The van der Waals surface area contributed by atoms with E-state index in [1.165, 1.54) is 0 Å². The first-order valence-corrected chi connectivity index (χ1v) is 5.63. The number of esters is 1. The normalized spacial score (nSPS) is 21.2. The Hall–Kier alpha value is -1.01. The van der Waals surface area contributed by atoms with Gasteiger partial charge in [-0.25, -0.2) is 0 Å². The fraction of sp³-hybridized carbons (Fsp3) is 0.750. The van der Waals surface area contributed by atoms with Crippen molar-refractivity contribution in [2.45, 2.75) is 38.6 Å². The van der Waals surface area contributed by atoms with Gasteiger partial charge in [0, 0.05) is 6.42 Å². The Bertz CT molecular complexity index is 244. The first-order valence-electron chi connectivity index (χ1n) is 5.63. The molecule has 0 radical (unpaired) electrons. The van der Waals surface area contributed by atoms with E-state index >= 15 is 0 Å². The van der Waals surface area contributed by atoms with E-state index in [9.17, 15) is 4.79 Å². The van der Waals surface area contributed by atoms with E-state index in [0.717, 1.165) is 38.8 Å². The van der Waals surface area contributed by atoms with Crippen LogP contribution in [0.3, 0.4) is 0 Å². The molecule has 0 saturated carbocycles. The summed E-state index contributed by atoms with van der Waals surface area (Å²) in [6.07, 6.45) is 8.95. The number of rotatable bonds is 5. The quantitative estimate of drug-likeness (QED) is 0.390. The van der Waals surface area contributed by atoms with E-state index in [1.807, 2.05) is 6.92 Å². The van der Waals surface area contributed by atoms with Crippen molar-refractivity contribution in [1.82, 2.24) is 4.90 Å². The molecule has 0 bridgehead atoms. The minimum absolute atomic E-state index is 0.0253. The summed E-state index contributed by atoms with van der Waals surface area (Å²) < 4.78 is 5.04. The number of carbonyl (C=O) groups is 1. The van der Waals surface area contributed by atoms with Gasteiger partial charge in [0.05, 0.1) is 6.61 Å². The van der Waals surface area contributed by atoms with Gasteiger partial charge >= 0.3 is 5.97 Å². The fourth-order valence-electron chi connectivity index (χ4n) is 1.98. The Kier molecular flexibility index (Phi) is 5.20. The van der Waals surface area contributed by atoms with Gasteiger partial charge < -0.3 is 4.74 Å². The number of unbranched alkanes of at least 4 members (excludes halogenated alkanes) is 1. The molecule has 1 aliphatic heterocycles. The summed E-state index contributed by atoms with van der Waals surface area (Å²) >= 11 is 0. The second-order valence-corrected chi connectivity index (χ2v) is 3.75. The molecule has 1 unspecified atom stereocenters. The van der Waals surface area contributed by atoms with Gasteiger partial charge in [0.2, 0.25) is 0 Å². The maximum absolute atomic E-state index is 11.6. The van der Waals surface area contributed by atoms with Crippen LogP contribution in [0.15, 0.2) is 0 Å². The number of hydrogen-bond donors (Lipinski definition) is 0. The van der Waals surface area contributed by atoms with Crippen LogP contribution in [0.5, 0.6) is 0 Å². The smallest absolute Gasteiger partial charge is 0.323 e. The molecule has 1 heterocycles. The molecule has 3 heteroatoms. The van der Waals surface area contributed by atoms with Crippen molar-refractivity contribution in [1.29, 1.82) is 0 Å². The van der Waals surface area contributed by atoms with Gasteiger partial charge in [0.25, 0.3) is 0 Å². The lowest BCUT2D eigenvalue weighted by molar-refractivity contribution is -0.148. The van der Waals surface area contributed by atoms with Gasteiger partial charge in [-0.2, -0.15) is 0 Å². The van der Waals surface area contributed by atoms with Crippen LogP contribution in [0.4, 0.5) is 0 Å². The third-order valence-corrected chi connectivity index (χ3v) is 2.69. The Morgan fingerprint density at radius 2 is 2.47 bits per heavy atom. The highest BCUT2D eigenvalue weighted by atomic mass is 16.5. The van der Waals surface area contributed by atoms with Gasteiger partial charge in [-0.3, -0.25) is 9.69 Å². The lowest BCUT2D eigenvalue weighted by Crippen LogP contribution is -2.37. The molecule has 0 spiro atoms. The summed E-state index contributed by atoms with van der Waals surface area (Å²) in [6, 6.07) is -0.0253. The Balaban J connectivity index is 2.36. The van der Waals surface area contributed by atoms with Crippen LogP contribution >= 0.6 is 0 Å². The molecular formula is C12H19NO2. The van der Waals surface area contributed by atoms with E-state index in [1.54, 1.807) is 0 Å². The maximum Gasteiger partial charge on any atom is 0.323 e. The average Bonchev–Trinajstić information content (AvgIpc) is 2.67. The van der Waals surface area contributed by atoms with Crippen molar-refractivity contribution in [2.24, 2.45) is 0 Å². The molecule has 3 nitrogen and oxygen atoms in total. The molecule has 1 fully saturated rings. The maximum atomic E-state index is 11.6. The van der Waals surface area contributed by atoms with E-state index in [-0.39, 0.29) is 12.0 Å². The van der Waals surface area contributed by atoms with Crippen molar-refractivity contribution >= 4 is 5.97 Å². The molecular weight excluding hydrogens is 190 g/mol. The number of ether oxygens (including phenoxy) is 1. The van der Waals surface area contributed by atoms with Crippen molar-refractivity contribution in [2.75, 3.05) is 19.7 Å². The molecule has 1 aliphatic rings. The topological polar surface area (TPSA) is 29.5 Å². The standard InChI is InChI=1S/C12H19NO2/c1-3-5-6-9-13-10-7-8-11(13)12(14)15-4-2/h1,11H,4-10H2,2H3. The first kappa shape index (κ1) is 12.1. The molecule has 0 N–H and O–H groups in total. The highest BCUT2D eigenvalue weighted by molar-refractivity contribution is 5.76. The number of carbonyl (C=O) groups excluding carboxylic acids is 1. The van der Waals surface area contributed by atoms with Crippen molar-refractivity contribution < 1.29 is 9.53 Å². The first-order chi connectivity index (χ1) is 7.29. The zero-order valence-electron chi connectivity index (χ0n) is 9.37. The predicted octanol–water partition coefficient (Wildman–Crippen LogP) is 1.43. The molecule has 0 aromatic carbocycles. The van der Waals surface area contributed by atoms with E-state index < -0.39 is 0 Å². The lowest BCUT2D eigenvalue weighted by Gasteiger charge is -2.22. The van der Waals surface area contributed by atoms with Crippen molar-refractivity contribution in [3.05, 3.63) is 0 Å². The summed E-state index contributed by atoms with van der Waals surface area (Å²) in [7, 11) is 0. The molecule has 0 aliphatic carbocycles. The molecule has 1 atom stereocenters. The second-order valence-electron chi connectivity index (χ2n) is 3.75. The number of likely N-dealkylation sites (tertiary alicyclic amines) is 1. The third-order valence-electron chi connectivity index (χ3n) is 2.69. The van der Waals surface area contributed by atoms with Gasteiger partial charge in [-0.05, 0) is 39.3 Å². The molecule has 1 saturated heterocycles. The van der Waals surface area contributed by atoms with Crippen LogP contribution in [-0.4, -0.2) is 36.6 Å². The van der Waals surface area contributed by atoms with Gasteiger partial charge in [0.15, 0.2) is 0 Å². The zero-order valence-corrected chi connectivity index (χ0v) is 9.37. The number of nitrogens with zero attached hydrogens (tertiary/aromatic N) is 1. The Labute approximate surface area is 91.8 Å². The lowest BCUT2D eigenvalue weighted by atomic mass is 10.2. The van der Waals surface area contributed by atoms with E-state index in [4.69, 9.17) is 11.2 Å². The molecule has 0 amide bonds. The molecule has 1 rings (SSSR count). The van der Waals surface area contributed by atoms with Crippen LogP contribution in [0.2, 0.25) is 0 Å². The monoisotopic (exact) mass is 209 g/mol. The Morgan fingerprint density at radius 1 is 1.67 bits per heavy atom. The summed E-state index contributed by atoms with van der Waals surface area (Å²) in [5, 5.41) is 0. The summed E-state index contributed by atoms with van der Waals surface area (Å²) in [5.41, 5.74) is 0. The van der Waals surface area contributed by atoms with Crippen molar-refractivity contribution in [3.8, 4) is 12.3 Å². The predicted molar refractivity (Wildman–Crippen MR) is 59.3 cm³/mol. The van der Waals surface area contributed by atoms with E-state index in [0.29, 0.717) is 6.61 Å². The van der Waals surface area contributed by atoms with Crippen molar-refractivity contribution in [3.63, 3.8) is 0 Å². The molecule has 0 aromatic heterocycles. The minimum Gasteiger partial charge on any atom is -0.465 e. The van der Waals surface area contributed by atoms with Gasteiger partial charge in [-0.1, -0.05) is 0 Å². The second kappa shape index (κ2) is 6.47. The van der Waals surface area contributed by atoms with Crippen LogP contribution in [0, 0.1) is 12.3 Å².